The third-order valence-electron chi connectivity index (χ3n) is 9.53. The second kappa shape index (κ2) is 9.22. The highest BCUT2D eigenvalue weighted by molar-refractivity contribution is 5.93. The van der Waals surface area contributed by atoms with E-state index >= 15 is 0 Å². The molecule has 2 N–H and O–H groups in total. The Bertz CT molecular complexity index is 1250. The van der Waals surface area contributed by atoms with Crippen molar-refractivity contribution >= 4 is 29.7 Å². The second-order valence-electron chi connectivity index (χ2n) is 12.1. The van der Waals surface area contributed by atoms with Gasteiger partial charge in [0.15, 0.2) is 5.78 Å². The van der Waals surface area contributed by atoms with E-state index in [1.807, 2.05) is 0 Å². The van der Waals surface area contributed by atoms with Crippen LogP contribution < -0.4 is 0 Å². The Hall–Kier alpha value is -3.09. The number of rotatable bonds is 4. The van der Waals surface area contributed by atoms with E-state index in [2.05, 4.69) is 0 Å². The van der Waals surface area contributed by atoms with Gasteiger partial charge in [0.2, 0.25) is 11.7 Å². The number of hydrogen-bond acceptors (Lipinski definition) is 12. The van der Waals surface area contributed by atoms with Gasteiger partial charge in [0.1, 0.15) is 18.3 Å². The first-order valence-corrected chi connectivity index (χ1v) is 13.2. The molecule has 2 heterocycles. The molecule has 11 atom stereocenters. The monoisotopic (exact) mass is 562 g/mol. The molecule has 1 spiro atoms. The highest BCUT2D eigenvalue weighted by Crippen LogP contribution is 2.72. The summed E-state index contributed by atoms with van der Waals surface area (Å²) in [7, 11) is 1.06. The first kappa shape index (κ1) is 28.4. The third-order valence-corrected chi connectivity index (χ3v) is 9.53. The number of aliphatic hydroxyl groups is 2. The summed E-state index contributed by atoms with van der Waals surface area (Å²) < 4.78 is 28.5. The lowest BCUT2D eigenvalue weighted by molar-refractivity contribution is -0.310. The average Bonchev–Trinajstić information content (AvgIpc) is 3.14. The maximum Gasteiger partial charge on any atom is 0.348 e. The number of carbonyl (C=O) groups excluding carboxylic acids is 5. The van der Waals surface area contributed by atoms with Gasteiger partial charge in [-0.2, -0.15) is 0 Å². The summed E-state index contributed by atoms with van der Waals surface area (Å²) in [4.78, 5) is 65.3. The van der Waals surface area contributed by atoms with Gasteiger partial charge in [0.25, 0.3) is 0 Å². The summed E-state index contributed by atoms with van der Waals surface area (Å²) in [6, 6.07) is 0. The zero-order valence-electron chi connectivity index (χ0n) is 23.2. The van der Waals surface area contributed by atoms with E-state index in [0.717, 1.165) is 13.2 Å². The Morgan fingerprint density at radius 1 is 1.10 bits per heavy atom. The molecule has 0 radical (unpaired) electrons. The number of carbonyl (C=O) groups is 5. The van der Waals surface area contributed by atoms with Gasteiger partial charge >= 0.3 is 23.9 Å². The molecule has 12 nitrogen and oxygen atoms in total. The van der Waals surface area contributed by atoms with Gasteiger partial charge in [0.05, 0.1) is 31.2 Å². The molecule has 4 fully saturated rings. The fourth-order valence-electron chi connectivity index (χ4n) is 8.70. The van der Waals surface area contributed by atoms with Crippen LogP contribution in [-0.4, -0.2) is 89.7 Å². The number of ether oxygens (including phenoxy) is 5. The van der Waals surface area contributed by atoms with Gasteiger partial charge in [-0.05, 0) is 32.3 Å². The van der Waals surface area contributed by atoms with Crippen molar-refractivity contribution in [2.24, 2.45) is 28.6 Å². The molecule has 2 aliphatic heterocycles. The van der Waals surface area contributed by atoms with E-state index in [4.69, 9.17) is 23.7 Å². The van der Waals surface area contributed by atoms with Crippen LogP contribution in [0.25, 0.3) is 0 Å². The lowest BCUT2D eigenvalue weighted by Gasteiger charge is -2.68. The second-order valence-corrected chi connectivity index (χ2v) is 12.1. The Labute approximate surface area is 230 Å². The van der Waals surface area contributed by atoms with Gasteiger partial charge in [-0.25, -0.2) is 14.4 Å². The SMILES string of the molecule is COC(=O)C12OCC34C(OC(=O)C(OC(=O)C=C(C)C)C13)C(OC(C)=O)C1C(C)=CC(=O)CC1(C)C4C(O)C2O. The van der Waals surface area contributed by atoms with Crippen LogP contribution in [0.15, 0.2) is 23.3 Å². The van der Waals surface area contributed by atoms with Gasteiger partial charge in [-0.15, -0.1) is 0 Å². The van der Waals surface area contributed by atoms with E-state index in [0.29, 0.717) is 11.1 Å². The van der Waals surface area contributed by atoms with Crippen LogP contribution in [0, 0.1) is 28.6 Å². The van der Waals surface area contributed by atoms with E-state index in [9.17, 15) is 34.2 Å². The van der Waals surface area contributed by atoms with Crippen LogP contribution in [0.1, 0.15) is 41.0 Å². The quantitative estimate of drug-likeness (QED) is 0.271. The smallest absolute Gasteiger partial charge is 0.348 e. The van der Waals surface area contributed by atoms with Crippen molar-refractivity contribution in [3.63, 3.8) is 0 Å². The first-order valence-electron chi connectivity index (χ1n) is 13.2. The van der Waals surface area contributed by atoms with E-state index in [1.165, 1.54) is 13.0 Å². The van der Waals surface area contributed by atoms with E-state index < -0.39 is 88.6 Å². The minimum atomic E-state index is -2.33. The van der Waals surface area contributed by atoms with Gasteiger partial charge < -0.3 is 33.9 Å². The molecule has 3 aliphatic carbocycles. The largest absolute Gasteiger partial charge is 0.467 e. The zero-order chi connectivity index (χ0) is 29.5. The third kappa shape index (κ3) is 3.51. The summed E-state index contributed by atoms with van der Waals surface area (Å²) in [5.41, 5.74) is -3.88. The highest BCUT2D eigenvalue weighted by Gasteiger charge is 2.86. The van der Waals surface area contributed by atoms with Crippen LogP contribution in [-0.2, 0) is 47.7 Å². The fraction of sp³-hybridized carbons (Fsp3) is 0.679. The number of hydrogen-bond donors (Lipinski definition) is 2. The number of allylic oxidation sites excluding steroid dienone is 2. The van der Waals surface area contributed by atoms with Crippen molar-refractivity contribution in [3.05, 3.63) is 23.3 Å². The van der Waals surface area contributed by atoms with Gasteiger partial charge in [-0.1, -0.05) is 18.1 Å². The van der Waals surface area contributed by atoms with Crippen molar-refractivity contribution < 1.29 is 57.9 Å². The standard InChI is InChI=1S/C28H34O12/c1-11(2)7-15(31)39-19-21-27-10-37-28(21,25(35)36-6)22(33)17(32)20(27)26(5)9-14(30)8-12(3)16(26)18(38-13(4)29)23(27)40-24(19)34/h7-8,16-23,32-33H,9-10H2,1-6H3. The molecule has 40 heavy (non-hydrogen) atoms. The molecule has 218 valence electrons. The van der Waals surface area contributed by atoms with Crippen molar-refractivity contribution in [2.45, 2.75) is 77.2 Å². The summed E-state index contributed by atoms with van der Waals surface area (Å²) in [5, 5.41) is 23.4. The Balaban J connectivity index is 1.80. The van der Waals surface area contributed by atoms with Crippen LogP contribution in [0.4, 0.5) is 0 Å². The van der Waals surface area contributed by atoms with Crippen molar-refractivity contribution in [1.82, 2.24) is 0 Å². The van der Waals surface area contributed by atoms with Crippen LogP contribution >= 0.6 is 0 Å². The Morgan fingerprint density at radius 3 is 2.38 bits per heavy atom. The molecule has 11 unspecified atom stereocenters. The summed E-state index contributed by atoms with van der Waals surface area (Å²) >= 11 is 0. The lowest BCUT2D eigenvalue weighted by Crippen LogP contribution is -2.81. The molecule has 5 rings (SSSR count). The lowest BCUT2D eigenvalue weighted by atomic mass is 9.37. The molecule has 2 bridgehead atoms. The average molecular weight is 563 g/mol. The summed E-state index contributed by atoms with van der Waals surface area (Å²) in [6.07, 6.45) is -5.25. The van der Waals surface area contributed by atoms with Crippen molar-refractivity contribution in [2.75, 3.05) is 13.7 Å². The first-order chi connectivity index (χ1) is 18.7. The zero-order valence-corrected chi connectivity index (χ0v) is 23.2. The van der Waals surface area contributed by atoms with Crippen molar-refractivity contribution in [1.29, 1.82) is 0 Å². The molecule has 0 aromatic carbocycles. The minimum absolute atomic E-state index is 0.0935. The molecule has 0 amide bonds. The van der Waals surface area contributed by atoms with E-state index in [1.54, 1.807) is 27.7 Å². The predicted octanol–water partition coefficient (Wildman–Crippen LogP) is 0.173. The Morgan fingerprint density at radius 2 is 1.77 bits per heavy atom. The number of esters is 4. The topological polar surface area (TPSA) is 172 Å². The highest BCUT2D eigenvalue weighted by atomic mass is 16.6. The van der Waals surface area contributed by atoms with E-state index in [-0.39, 0.29) is 18.8 Å². The number of aliphatic hydroxyl groups excluding tert-OH is 2. The fourth-order valence-corrected chi connectivity index (χ4v) is 8.70. The van der Waals surface area contributed by atoms with Crippen LogP contribution in [0.5, 0.6) is 0 Å². The number of fused-ring (bicyclic) bond motifs is 2. The number of methoxy groups -OCH3 is 1. The minimum Gasteiger partial charge on any atom is -0.467 e. The van der Waals surface area contributed by atoms with Crippen molar-refractivity contribution in [3.8, 4) is 0 Å². The molecule has 12 heteroatoms. The maximum absolute atomic E-state index is 13.7. The molecular formula is C28H34O12. The molecule has 2 saturated heterocycles. The maximum atomic E-state index is 13.7. The normalized spacial score (nSPS) is 44.8. The van der Waals surface area contributed by atoms with Gasteiger partial charge in [0, 0.05) is 31.3 Å². The predicted molar refractivity (Wildman–Crippen MR) is 132 cm³/mol. The molecule has 5 aliphatic rings. The molecule has 0 aromatic rings. The molecular weight excluding hydrogens is 528 g/mol. The van der Waals surface area contributed by atoms with Crippen LogP contribution in [0.3, 0.4) is 0 Å². The molecule has 0 aromatic heterocycles. The number of ketones is 1. The van der Waals surface area contributed by atoms with Gasteiger partial charge in [-0.3, -0.25) is 9.59 Å². The molecule has 2 saturated carbocycles. The van der Waals surface area contributed by atoms with Crippen LogP contribution in [0.2, 0.25) is 0 Å². The summed E-state index contributed by atoms with van der Waals surface area (Å²) in [6.45, 7) is 7.58. The summed E-state index contributed by atoms with van der Waals surface area (Å²) in [5.74, 6) is -7.04. The Kier molecular flexibility index (Phi) is 6.55.